The maximum absolute atomic E-state index is 12.1. The highest BCUT2D eigenvalue weighted by atomic mass is 16.5. The Hall–Kier alpha value is -2.55. The van der Waals surface area contributed by atoms with E-state index in [4.69, 9.17) is 9.15 Å². The van der Waals surface area contributed by atoms with Crippen molar-refractivity contribution in [3.63, 3.8) is 0 Å². The molecule has 0 fully saturated rings. The average molecular weight is 274 g/mol. The highest BCUT2D eigenvalue weighted by Gasteiger charge is 2.42. The number of esters is 1. The number of carbonyl (C=O) groups excluding carboxylic acids is 2. The summed E-state index contributed by atoms with van der Waals surface area (Å²) in [7, 11) is 0. The summed E-state index contributed by atoms with van der Waals surface area (Å²) in [5, 5.41) is 11.8. The number of hydrogen-bond acceptors (Lipinski definition) is 5. The molecule has 0 saturated carbocycles. The van der Waals surface area contributed by atoms with Gasteiger partial charge in [-0.3, -0.25) is 4.79 Å². The number of furan rings is 1. The molecule has 1 aromatic rings. The van der Waals surface area contributed by atoms with Crippen molar-refractivity contribution in [1.82, 2.24) is 5.32 Å². The van der Waals surface area contributed by atoms with Gasteiger partial charge in [0.15, 0.2) is 0 Å². The molecule has 2 rings (SSSR count). The Bertz CT molecular complexity index is 595. The standard InChI is InChI=1S/C14H14N2O4/c1-3-19-14(18)11-8(2)16-13(17)9(7-15)12(11)10-5-4-6-20-10/h4-6,9,12H,3H2,1-2H3,(H,16,17)/t9-,12-/m0/s1. The number of carbonyl (C=O) groups is 2. The van der Waals surface area contributed by atoms with Crippen LogP contribution in [0.5, 0.6) is 0 Å². The van der Waals surface area contributed by atoms with Crippen molar-refractivity contribution in [3.8, 4) is 6.07 Å². The first-order valence-corrected chi connectivity index (χ1v) is 6.21. The number of nitriles is 1. The van der Waals surface area contributed by atoms with Gasteiger partial charge >= 0.3 is 5.97 Å². The third-order valence-corrected chi connectivity index (χ3v) is 3.13. The molecular weight excluding hydrogens is 260 g/mol. The van der Waals surface area contributed by atoms with Crippen molar-refractivity contribution in [2.24, 2.45) is 5.92 Å². The molecule has 2 heterocycles. The summed E-state index contributed by atoms with van der Waals surface area (Å²) in [4.78, 5) is 24.0. The molecule has 20 heavy (non-hydrogen) atoms. The SMILES string of the molecule is CCOC(=O)C1=C(C)NC(=O)[C@@H](C#N)[C@H]1c1ccco1. The van der Waals surface area contributed by atoms with Crippen LogP contribution in [0.4, 0.5) is 0 Å². The van der Waals surface area contributed by atoms with Gasteiger partial charge in [0.25, 0.3) is 0 Å². The number of nitrogens with zero attached hydrogens (tertiary/aromatic N) is 1. The summed E-state index contributed by atoms with van der Waals surface area (Å²) >= 11 is 0. The summed E-state index contributed by atoms with van der Waals surface area (Å²) < 4.78 is 10.3. The third kappa shape index (κ3) is 2.30. The lowest BCUT2D eigenvalue weighted by Gasteiger charge is -2.28. The lowest BCUT2D eigenvalue weighted by molar-refractivity contribution is -0.139. The smallest absolute Gasteiger partial charge is 0.336 e. The normalized spacial score (nSPS) is 22.1. The molecule has 1 aliphatic heterocycles. The minimum absolute atomic E-state index is 0.214. The van der Waals surface area contributed by atoms with Gasteiger partial charge in [-0.2, -0.15) is 5.26 Å². The number of hydrogen-bond donors (Lipinski definition) is 1. The van der Waals surface area contributed by atoms with Gasteiger partial charge in [0.2, 0.25) is 5.91 Å². The van der Waals surface area contributed by atoms with Crippen LogP contribution in [-0.4, -0.2) is 18.5 Å². The fraction of sp³-hybridized carbons (Fsp3) is 0.357. The summed E-state index contributed by atoms with van der Waals surface area (Å²) in [6.07, 6.45) is 1.44. The fourth-order valence-electron chi connectivity index (χ4n) is 2.28. The zero-order valence-electron chi connectivity index (χ0n) is 11.2. The zero-order chi connectivity index (χ0) is 14.7. The second-order valence-electron chi connectivity index (χ2n) is 4.35. The molecule has 1 aromatic heterocycles. The Morgan fingerprint density at radius 1 is 1.60 bits per heavy atom. The maximum atomic E-state index is 12.1. The third-order valence-electron chi connectivity index (χ3n) is 3.13. The lowest BCUT2D eigenvalue weighted by atomic mass is 9.80. The van der Waals surface area contributed by atoms with Crippen molar-refractivity contribution in [2.75, 3.05) is 6.61 Å². The number of nitrogens with one attached hydrogen (secondary N) is 1. The molecule has 0 aliphatic carbocycles. The minimum atomic E-state index is -1.02. The Morgan fingerprint density at radius 3 is 2.90 bits per heavy atom. The summed E-state index contributed by atoms with van der Waals surface area (Å²) in [5.74, 6) is -2.37. The Balaban J connectivity index is 2.53. The summed E-state index contributed by atoms with van der Waals surface area (Å²) in [6.45, 7) is 3.51. The Kier molecular flexibility index (Phi) is 3.89. The zero-order valence-corrected chi connectivity index (χ0v) is 11.2. The largest absolute Gasteiger partial charge is 0.469 e. The van der Waals surface area contributed by atoms with Gasteiger partial charge in [-0.15, -0.1) is 0 Å². The molecule has 1 N–H and O–H groups in total. The van der Waals surface area contributed by atoms with Crippen molar-refractivity contribution in [3.05, 3.63) is 35.4 Å². The van der Waals surface area contributed by atoms with Crippen LogP contribution in [0.3, 0.4) is 0 Å². The van der Waals surface area contributed by atoms with Crippen LogP contribution >= 0.6 is 0 Å². The first-order valence-electron chi connectivity index (χ1n) is 6.21. The molecule has 0 radical (unpaired) electrons. The van der Waals surface area contributed by atoms with E-state index in [0.29, 0.717) is 11.5 Å². The van der Waals surface area contributed by atoms with Crippen molar-refractivity contribution in [1.29, 1.82) is 5.26 Å². The molecule has 0 unspecified atom stereocenters. The van der Waals surface area contributed by atoms with Gasteiger partial charge in [-0.1, -0.05) is 0 Å². The molecular formula is C14H14N2O4. The Morgan fingerprint density at radius 2 is 2.35 bits per heavy atom. The number of amides is 1. The van der Waals surface area contributed by atoms with Crippen molar-refractivity contribution in [2.45, 2.75) is 19.8 Å². The summed E-state index contributed by atoms with van der Waals surface area (Å²) in [6, 6.07) is 5.21. The Labute approximate surface area is 116 Å². The first kappa shape index (κ1) is 13.9. The average Bonchev–Trinajstić information content (AvgIpc) is 2.91. The van der Waals surface area contributed by atoms with Crippen molar-refractivity contribution >= 4 is 11.9 Å². The van der Waals surface area contributed by atoms with E-state index in [1.54, 1.807) is 26.0 Å². The topological polar surface area (TPSA) is 92.3 Å². The number of rotatable bonds is 3. The van der Waals surface area contributed by atoms with E-state index >= 15 is 0 Å². The van der Waals surface area contributed by atoms with E-state index in [1.165, 1.54) is 6.26 Å². The summed E-state index contributed by atoms with van der Waals surface area (Å²) in [5.41, 5.74) is 0.648. The van der Waals surface area contributed by atoms with Gasteiger partial charge in [0.05, 0.1) is 30.4 Å². The molecule has 0 aromatic carbocycles. The van der Waals surface area contributed by atoms with E-state index in [1.807, 2.05) is 6.07 Å². The van der Waals surface area contributed by atoms with E-state index in [9.17, 15) is 14.9 Å². The molecule has 1 aliphatic rings. The van der Waals surface area contributed by atoms with Crippen LogP contribution in [0.2, 0.25) is 0 Å². The first-order chi connectivity index (χ1) is 9.60. The molecule has 104 valence electrons. The molecule has 2 atom stereocenters. The quantitative estimate of drug-likeness (QED) is 0.842. The maximum Gasteiger partial charge on any atom is 0.336 e. The molecule has 6 heteroatoms. The second-order valence-corrected chi connectivity index (χ2v) is 4.35. The van der Waals surface area contributed by atoms with E-state index in [0.717, 1.165) is 0 Å². The predicted octanol–water partition coefficient (Wildman–Crippen LogP) is 1.47. The van der Waals surface area contributed by atoms with Crippen LogP contribution < -0.4 is 5.32 Å². The van der Waals surface area contributed by atoms with Crippen LogP contribution in [0.15, 0.2) is 34.1 Å². The van der Waals surface area contributed by atoms with Gasteiger partial charge in [0, 0.05) is 5.70 Å². The number of allylic oxidation sites excluding steroid dienone is 1. The second kappa shape index (κ2) is 5.61. The van der Waals surface area contributed by atoms with Gasteiger partial charge in [-0.25, -0.2) is 4.79 Å². The highest BCUT2D eigenvalue weighted by Crippen LogP contribution is 2.37. The van der Waals surface area contributed by atoms with E-state index < -0.39 is 23.7 Å². The van der Waals surface area contributed by atoms with Gasteiger partial charge in [0.1, 0.15) is 11.7 Å². The highest BCUT2D eigenvalue weighted by molar-refractivity contribution is 5.97. The monoisotopic (exact) mass is 274 g/mol. The molecule has 0 bridgehead atoms. The van der Waals surface area contributed by atoms with Crippen LogP contribution in [-0.2, 0) is 14.3 Å². The molecule has 6 nitrogen and oxygen atoms in total. The molecule has 1 amide bonds. The van der Waals surface area contributed by atoms with E-state index in [-0.39, 0.29) is 12.2 Å². The number of ether oxygens (including phenoxy) is 1. The van der Waals surface area contributed by atoms with Crippen molar-refractivity contribution < 1.29 is 18.7 Å². The lowest BCUT2D eigenvalue weighted by Crippen LogP contribution is -2.41. The van der Waals surface area contributed by atoms with Crippen LogP contribution in [0, 0.1) is 17.2 Å². The van der Waals surface area contributed by atoms with Crippen LogP contribution in [0.25, 0.3) is 0 Å². The van der Waals surface area contributed by atoms with Gasteiger partial charge < -0.3 is 14.5 Å². The minimum Gasteiger partial charge on any atom is -0.469 e. The molecule has 0 spiro atoms. The molecule has 0 saturated heterocycles. The van der Waals surface area contributed by atoms with Crippen LogP contribution in [0.1, 0.15) is 25.5 Å². The fourth-order valence-corrected chi connectivity index (χ4v) is 2.28. The van der Waals surface area contributed by atoms with E-state index in [2.05, 4.69) is 5.32 Å². The predicted molar refractivity (Wildman–Crippen MR) is 68.0 cm³/mol. The van der Waals surface area contributed by atoms with Gasteiger partial charge in [-0.05, 0) is 26.0 Å².